The molecule has 11 heteroatoms. The highest BCUT2D eigenvalue weighted by atomic mass is 35.5. The number of nitrogen functional groups attached to an aromatic ring is 1. The number of rotatable bonds is 7. The molecular formula is C19H29Cl2N7O2. The molecule has 0 radical (unpaired) electrons. The predicted octanol–water partition coefficient (Wildman–Crippen LogP) is 3.82. The Kier molecular flexibility index (Phi) is 10.0. The van der Waals surface area contributed by atoms with Crippen LogP contribution in [-0.2, 0) is 6.42 Å². The molecule has 3 rings (SSSR count). The zero-order chi connectivity index (χ0) is 20.1. The number of hydrogen-bond donors (Lipinski definition) is 3. The Morgan fingerprint density at radius 2 is 2.07 bits per heavy atom. The highest BCUT2D eigenvalue weighted by molar-refractivity contribution is 5.85. The van der Waals surface area contributed by atoms with Crippen LogP contribution < -0.4 is 21.7 Å². The lowest BCUT2D eigenvalue weighted by Crippen LogP contribution is -2.43. The molecule has 5 N–H and O–H groups in total. The number of nitro groups is 1. The smallest absolute Gasteiger partial charge is 0.294 e. The maximum atomic E-state index is 11.1. The second kappa shape index (κ2) is 11.7. The lowest BCUT2D eigenvalue weighted by Gasteiger charge is -2.32. The number of hydrogen-bond acceptors (Lipinski definition) is 8. The minimum absolute atomic E-state index is 0. The molecule has 0 amide bonds. The van der Waals surface area contributed by atoms with Crippen molar-refractivity contribution in [2.75, 3.05) is 29.0 Å². The van der Waals surface area contributed by atoms with Gasteiger partial charge in [-0.15, -0.1) is 24.8 Å². The summed E-state index contributed by atoms with van der Waals surface area (Å²) in [5, 5.41) is 14.2. The van der Waals surface area contributed by atoms with Crippen LogP contribution in [0.1, 0.15) is 38.3 Å². The Morgan fingerprint density at radius 3 is 2.73 bits per heavy atom. The fourth-order valence-electron chi connectivity index (χ4n) is 3.31. The largest absolute Gasteiger partial charge is 0.393 e. The molecule has 1 aliphatic rings. The second-order valence-electron chi connectivity index (χ2n) is 7.15. The van der Waals surface area contributed by atoms with Gasteiger partial charge in [0.15, 0.2) is 0 Å². The summed E-state index contributed by atoms with van der Waals surface area (Å²) in [5.74, 6) is 1.26. The maximum absolute atomic E-state index is 11.1. The number of anilines is 4. The Balaban J connectivity index is 0.00000225. The minimum atomic E-state index is -0.500. The number of aromatic nitrogens is 2. The van der Waals surface area contributed by atoms with Crippen molar-refractivity contribution in [1.29, 1.82) is 0 Å². The zero-order valence-electron chi connectivity index (χ0n) is 16.9. The molecule has 30 heavy (non-hydrogen) atoms. The molecule has 166 valence electrons. The molecule has 0 saturated carbocycles. The predicted molar refractivity (Wildman–Crippen MR) is 125 cm³/mol. The third-order valence-corrected chi connectivity index (χ3v) is 4.82. The van der Waals surface area contributed by atoms with Crippen LogP contribution in [0.4, 0.5) is 28.8 Å². The molecule has 0 aliphatic carbocycles. The van der Waals surface area contributed by atoms with Gasteiger partial charge < -0.3 is 21.7 Å². The molecule has 0 bridgehead atoms. The van der Waals surface area contributed by atoms with Gasteiger partial charge in [0.25, 0.3) is 5.69 Å². The molecule has 1 saturated heterocycles. The van der Waals surface area contributed by atoms with Crippen molar-refractivity contribution in [3.8, 4) is 0 Å². The summed E-state index contributed by atoms with van der Waals surface area (Å²) >= 11 is 0. The molecule has 1 aromatic carbocycles. The first-order chi connectivity index (χ1) is 13.5. The number of halogens is 2. The number of nitrogens with zero attached hydrogens (tertiary/aromatic N) is 4. The van der Waals surface area contributed by atoms with Gasteiger partial charge in [-0.3, -0.25) is 10.1 Å². The SMILES string of the molecule is CCCCc1cc(N2CCCC(N)C2)nc(Nc2ccc(N)c([N+](=O)[O-])c2)n1.Cl.Cl. The molecule has 1 aromatic heterocycles. The zero-order valence-corrected chi connectivity index (χ0v) is 18.5. The molecule has 1 fully saturated rings. The summed E-state index contributed by atoms with van der Waals surface area (Å²) in [6.45, 7) is 3.81. The van der Waals surface area contributed by atoms with E-state index in [9.17, 15) is 10.1 Å². The number of aryl methyl sites for hydroxylation is 1. The van der Waals surface area contributed by atoms with E-state index in [-0.39, 0.29) is 42.2 Å². The van der Waals surface area contributed by atoms with Gasteiger partial charge in [-0.2, -0.15) is 4.98 Å². The Labute approximate surface area is 188 Å². The van der Waals surface area contributed by atoms with Crippen LogP contribution >= 0.6 is 24.8 Å². The molecule has 9 nitrogen and oxygen atoms in total. The minimum Gasteiger partial charge on any atom is -0.393 e. The lowest BCUT2D eigenvalue weighted by atomic mass is 10.1. The third kappa shape index (κ3) is 6.58. The quantitative estimate of drug-likeness (QED) is 0.324. The van der Waals surface area contributed by atoms with Crippen LogP contribution in [0, 0.1) is 10.1 Å². The van der Waals surface area contributed by atoms with E-state index in [0.717, 1.165) is 56.7 Å². The van der Waals surface area contributed by atoms with E-state index in [1.165, 1.54) is 12.1 Å². The van der Waals surface area contributed by atoms with E-state index in [4.69, 9.17) is 11.5 Å². The van der Waals surface area contributed by atoms with Crippen molar-refractivity contribution >= 4 is 53.6 Å². The first-order valence-corrected chi connectivity index (χ1v) is 9.65. The molecule has 1 unspecified atom stereocenters. The fourth-order valence-corrected chi connectivity index (χ4v) is 3.31. The van der Waals surface area contributed by atoms with E-state index in [0.29, 0.717) is 11.6 Å². The van der Waals surface area contributed by atoms with Crippen molar-refractivity contribution in [2.45, 2.75) is 45.1 Å². The summed E-state index contributed by atoms with van der Waals surface area (Å²) in [6.07, 6.45) is 5.00. The molecule has 2 aromatic rings. The van der Waals surface area contributed by atoms with Crippen molar-refractivity contribution in [3.63, 3.8) is 0 Å². The monoisotopic (exact) mass is 457 g/mol. The highest BCUT2D eigenvalue weighted by Gasteiger charge is 2.20. The number of piperidine rings is 1. The van der Waals surface area contributed by atoms with Crippen LogP contribution in [0.25, 0.3) is 0 Å². The Morgan fingerprint density at radius 1 is 1.30 bits per heavy atom. The van der Waals surface area contributed by atoms with Crippen molar-refractivity contribution in [3.05, 3.63) is 40.1 Å². The van der Waals surface area contributed by atoms with Crippen LogP contribution in [0.2, 0.25) is 0 Å². The number of benzene rings is 1. The van der Waals surface area contributed by atoms with Crippen molar-refractivity contribution in [2.24, 2.45) is 5.73 Å². The van der Waals surface area contributed by atoms with Gasteiger partial charge in [-0.25, -0.2) is 4.98 Å². The summed E-state index contributed by atoms with van der Waals surface area (Å²) < 4.78 is 0. The summed E-state index contributed by atoms with van der Waals surface area (Å²) in [6, 6.07) is 6.74. The number of nitrogens with one attached hydrogen (secondary N) is 1. The fraction of sp³-hybridized carbons (Fsp3) is 0.474. The summed E-state index contributed by atoms with van der Waals surface area (Å²) in [7, 11) is 0. The molecule has 1 atom stereocenters. The van der Waals surface area contributed by atoms with Gasteiger partial charge in [-0.05, 0) is 37.8 Å². The Hall–Kier alpha value is -2.36. The number of nitro benzene ring substituents is 1. The van der Waals surface area contributed by atoms with Gasteiger partial charge in [0.05, 0.1) is 4.92 Å². The van der Waals surface area contributed by atoms with E-state index in [1.807, 2.05) is 6.07 Å². The topological polar surface area (TPSA) is 136 Å². The van der Waals surface area contributed by atoms with Crippen molar-refractivity contribution < 1.29 is 4.92 Å². The normalized spacial score (nSPS) is 15.7. The van der Waals surface area contributed by atoms with Crippen molar-refractivity contribution in [1.82, 2.24) is 9.97 Å². The molecular weight excluding hydrogens is 429 g/mol. The van der Waals surface area contributed by atoms with Crippen LogP contribution in [0.3, 0.4) is 0 Å². The summed E-state index contributed by atoms with van der Waals surface area (Å²) in [4.78, 5) is 22.1. The van der Waals surface area contributed by atoms with Gasteiger partial charge in [0.1, 0.15) is 11.5 Å². The average Bonchev–Trinajstić information content (AvgIpc) is 2.67. The third-order valence-electron chi connectivity index (χ3n) is 4.82. The van der Waals surface area contributed by atoms with Gasteiger partial charge >= 0.3 is 0 Å². The van der Waals surface area contributed by atoms with Crippen LogP contribution in [0.5, 0.6) is 0 Å². The standard InChI is InChI=1S/C19H27N7O2.2ClH/c1-2-3-6-14-11-18(25-9-4-5-13(20)12-25)24-19(22-14)23-15-7-8-16(21)17(10-15)26(27)28;;/h7-8,10-11,13H,2-6,9,12,20-21H2,1H3,(H,22,23,24);2*1H. The lowest BCUT2D eigenvalue weighted by molar-refractivity contribution is -0.383. The first-order valence-electron chi connectivity index (χ1n) is 9.65. The average molecular weight is 458 g/mol. The second-order valence-corrected chi connectivity index (χ2v) is 7.15. The van der Waals surface area contributed by atoms with Crippen LogP contribution in [-0.4, -0.2) is 34.0 Å². The van der Waals surface area contributed by atoms with Crippen LogP contribution in [0.15, 0.2) is 24.3 Å². The van der Waals surface area contributed by atoms with Gasteiger partial charge in [0, 0.05) is 42.6 Å². The van der Waals surface area contributed by atoms with E-state index in [2.05, 4.69) is 27.1 Å². The summed E-state index contributed by atoms with van der Waals surface area (Å²) in [5.41, 5.74) is 13.2. The van der Waals surface area contributed by atoms with E-state index >= 15 is 0 Å². The van der Waals surface area contributed by atoms with Gasteiger partial charge in [-0.1, -0.05) is 13.3 Å². The number of unbranched alkanes of at least 4 members (excludes halogenated alkanes) is 1. The van der Waals surface area contributed by atoms with E-state index < -0.39 is 4.92 Å². The van der Waals surface area contributed by atoms with E-state index in [1.54, 1.807) is 6.07 Å². The number of nitrogens with two attached hydrogens (primary N) is 2. The first kappa shape index (κ1) is 25.7. The molecule has 1 aliphatic heterocycles. The maximum Gasteiger partial charge on any atom is 0.294 e. The Bertz CT molecular complexity index is 854. The highest BCUT2D eigenvalue weighted by Crippen LogP contribution is 2.27. The molecule has 2 heterocycles. The van der Waals surface area contributed by atoms with Gasteiger partial charge in [0.2, 0.25) is 5.95 Å². The molecule has 0 spiro atoms.